The number of hydrogen-bond acceptors (Lipinski definition) is 2. The molecule has 1 saturated heterocycles. The lowest BCUT2D eigenvalue weighted by Gasteiger charge is -2.31. The third kappa shape index (κ3) is 4.06. The molecule has 1 heterocycles. The summed E-state index contributed by atoms with van der Waals surface area (Å²) in [5, 5.41) is 2.88. The number of amides is 2. The minimum Gasteiger partial charge on any atom is -0.332 e. The smallest absolute Gasteiger partial charge is 0.279 e. The summed E-state index contributed by atoms with van der Waals surface area (Å²) >= 11 is 0. The van der Waals surface area contributed by atoms with Crippen LogP contribution in [-0.2, 0) is 9.59 Å². The molecule has 2 rings (SSSR count). The van der Waals surface area contributed by atoms with E-state index in [1.807, 2.05) is 35.2 Å². The first-order valence-electron chi connectivity index (χ1n) is 6.59. The molecule has 1 aromatic rings. The van der Waals surface area contributed by atoms with Crippen molar-refractivity contribution in [2.45, 2.75) is 6.92 Å². The molecule has 0 aliphatic carbocycles. The van der Waals surface area contributed by atoms with Crippen LogP contribution >= 0.6 is 0 Å². The van der Waals surface area contributed by atoms with Crippen molar-refractivity contribution in [3.8, 4) is 0 Å². The second-order valence-corrected chi connectivity index (χ2v) is 4.85. The van der Waals surface area contributed by atoms with Crippen LogP contribution in [0.4, 0.5) is 5.69 Å². The molecule has 0 saturated carbocycles. The van der Waals surface area contributed by atoms with Crippen LogP contribution in [0.25, 0.3) is 0 Å². The average Bonchev–Trinajstić information content (AvgIpc) is 2.40. The van der Waals surface area contributed by atoms with Crippen molar-refractivity contribution in [3.05, 3.63) is 30.3 Å². The quantitative estimate of drug-likeness (QED) is 0.762. The van der Waals surface area contributed by atoms with Crippen molar-refractivity contribution < 1.29 is 14.5 Å². The van der Waals surface area contributed by atoms with Gasteiger partial charge in [0, 0.05) is 12.6 Å². The largest absolute Gasteiger partial charge is 0.332 e. The van der Waals surface area contributed by atoms with E-state index in [1.165, 1.54) is 4.90 Å². The van der Waals surface area contributed by atoms with E-state index in [1.54, 1.807) is 6.92 Å². The molecule has 1 aliphatic rings. The molecule has 0 radical (unpaired) electrons. The molecule has 19 heavy (non-hydrogen) atoms. The number of nitrogens with zero attached hydrogens (tertiary/aromatic N) is 1. The number of para-hydroxylation sites is 1. The third-order valence-electron chi connectivity index (χ3n) is 3.38. The van der Waals surface area contributed by atoms with E-state index in [9.17, 15) is 9.59 Å². The van der Waals surface area contributed by atoms with Crippen molar-refractivity contribution in [3.63, 3.8) is 0 Å². The number of rotatable bonds is 3. The number of quaternary nitrogens is 1. The van der Waals surface area contributed by atoms with Gasteiger partial charge >= 0.3 is 0 Å². The minimum atomic E-state index is 0.0254. The third-order valence-corrected chi connectivity index (χ3v) is 3.38. The zero-order valence-electron chi connectivity index (χ0n) is 11.2. The maximum Gasteiger partial charge on any atom is 0.279 e. The lowest BCUT2D eigenvalue weighted by atomic mass is 10.3. The summed E-state index contributed by atoms with van der Waals surface area (Å²) in [7, 11) is 0. The normalized spacial score (nSPS) is 16.2. The highest BCUT2D eigenvalue weighted by atomic mass is 16.2. The first-order valence-corrected chi connectivity index (χ1v) is 6.59. The Morgan fingerprint density at radius 3 is 2.42 bits per heavy atom. The highest BCUT2D eigenvalue weighted by Crippen LogP contribution is 2.03. The number of piperazine rings is 1. The van der Waals surface area contributed by atoms with Gasteiger partial charge in [-0.05, 0) is 12.1 Å². The number of carbonyl (C=O) groups excluding carboxylic acids is 2. The van der Waals surface area contributed by atoms with E-state index in [0.717, 1.165) is 31.9 Å². The highest BCUT2D eigenvalue weighted by Gasteiger charge is 2.23. The average molecular weight is 262 g/mol. The van der Waals surface area contributed by atoms with Crippen LogP contribution in [0.15, 0.2) is 30.3 Å². The Bertz CT molecular complexity index is 439. The summed E-state index contributed by atoms with van der Waals surface area (Å²) in [5.41, 5.74) is 0.828. The van der Waals surface area contributed by atoms with Crippen molar-refractivity contribution in [2.75, 3.05) is 38.0 Å². The van der Waals surface area contributed by atoms with Crippen molar-refractivity contribution in [1.29, 1.82) is 0 Å². The zero-order valence-corrected chi connectivity index (χ0v) is 11.2. The summed E-state index contributed by atoms with van der Waals surface area (Å²) in [6.07, 6.45) is 0. The Balaban J connectivity index is 1.76. The molecule has 5 nitrogen and oxygen atoms in total. The van der Waals surface area contributed by atoms with Crippen LogP contribution in [0.2, 0.25) is 0 Å². The molecule has 1 fully saturated rings. The van der Waals surface area contributed by atoms with Crippen molar-refractivity contribution in [2.24, 2.45) is 0 Å². The predicted molar refractivity (Wildman–Crippen MR) is 72.9 cm³/mol. The summed E-state index contributed by atoms with van der Waals surface area (Å²) in [6.45, 7) is 5.20. The van der Waals surface area contributed by atoms with Crippen LogP contribution in [-0.4, -0.2) is 49.4 Å². The molecule has 1 aliphatic heterocycles. The number of nitrogens with one attached hydrogen (secondary N) is 2. The SMILES string of the molecule is CC(=O)N1CC[NH+](CC(=O)Nc2ccccc2)CC1. The van der Waals surface area contributed by atoms with Crippen LogP contribution in [0.1, 0.15) is 6.92 Å². The summed E-state index contributed by atoms with van der Waals surface area (Å²) in [6, 6.07) is 9.46. The van der Waals surface area contributed by atoms with E-state index in [0.29, 0.717) is 6.54 Å². The van der Waals surface area contributed by atoms with Gasteiger partial charge in [-0.2, -0.15) is 0 Å². The zero-order chi connectivity index (χ0) is 13.7. The van der Waals surface area contributed by atoms with Gasteiger partial charge in [0.1, 0.15) is 0 Å². The summed E-state index contributed by atoms with van der Waals surface area (Å²) in [5.74, 6) is 0.144. The molecule has 2 amide bonds. The van der Waals surface area contributed by atoms with Crippen molar-refractivity contribution >= 4 is 17.5 Å². The number of hydrogen-bond donors (Lipinski definition) is 2. The first-order chi connectivity index (χ1) is 9.15. The van der Waals surface area contributed by atoms with Gasteiger partial charge < -0.3 is 15.1 Å². The molecule has 0 unspecified atom stereocenters. The first kappa shape index (κ1) is 13.5. The molecular weight excluding hydrogens is 242 g/mol. The fourth-order valence-electron chi connectivity index (χ4n) is 2.27. The van der Waals surface area contributed by atoms with Crippen molar-refractivity contribution in [1.82, 2.24) is 4.90 Å². The second kappa shape index (κ2) is 6.33. The number of carbonyl (C=O) groups is 2. The van der Waals surface area contributed by atoms with E-state index in [-0.39, 0.29) is 11.8 Å². The molecule has 1 aromatic carbocycles. The highest BCUT2D eigenvalue weighted by molar-refractivity contribution is 5.91. The van der Waals surface area contributed by atoms with Gasteiger partial charge in [0.2, 0.25) is 5.91 Å². The molecule has 0 atom stereocenters. The van der Waals surface area contributed by atoms with Gasteiger partial charge in [-0.3, -0.25) is 9.59 Å². The number of benzene rings is 1. The molecule has 0 spiro atoms. The molecule has 5 heteroatoms. The Hall–Kier alpha value is -1.88. The van der Waals surface area contributed by atoms with E-state index in [2.05, 4.69) is 5.32 Å². The molecular formula is C14H20N3O2+. The fraction of sp³-hybridized carbons (Fsp3) is 0.429. The predicted octanol–water partition coefficient (Wildman–Crippen LogP) is -0.628. The van der Waals surface area contributed by atoms with E-state index in [4.69, 9.17) is 0 Å². The van der Waals surface area contributed by atoms with Crippen LogP contribution in [0.3, 0.4) is 0 Å². The Morgan fingerprint density at radius 1 is 1.21 bits per heavy atom. The maximum atomic E-state index is 11.9. The van der Waals surface area contributed by atoms with E-state index < -0.39 is 0 Å². The van der Waals surface area contributed by atoms with Gasteiger partial charge in [-0.25, -0.2) is 0 Å². The monoisotopic (exact) mass is 262 g/mol. The minimum absolute atomic E-state index is 0.0254. The van der Waals surface area contributed by atoms with Gasteiger partial charge in [0.05, 0.1) is 26.2 Å². The molecule has 0 bridgehead atoms. The Morgan fingerprint density at radius 2 is 1.84 bits per heavy atom. The van der Waals surface area contributed by atoms with Crippen LogP contribution < -0.4 is 10.2 Å². The van der Waals surface area contributed by atoms with E-state index >= 15 is 0 Å². The lowest BCUT2D eigenvalue weighted by Crippen LogP contribution is -3.15. The lowest BCUT2D eigenvalue weighted by molar-refractivity contribution is -0.895. The van der Waals surface area contributed by atoms with Crippen LogP contribution in [0, 0.1) is 0 Å². The molecule has 2 N–H and O–H groups in total. The summed E-state index contributed by atoms with van der Waals surface area (Å²) in [4.78, 5) is 26.1. The standard InChI is InChI=1S/C14H19N3O2/c1-12(18)17-9-7-16(8-10-17)11-14(19)15-13-5-3-2-4-6-13/h2-6H,7-11H2,1H3,(H,15,19)/p+1. The molecule has 102 valence electrons. The fourth-order valence-corrected chi connectivity index (χ4v) is 2.27. The topological polar surface area (TPSA) is 53.9 Å². The van der Waals surface area contributed by atoms with Gasteiger partial charge in [-0.1, -0.05) is 18.2 Å². The number of anilines is 1. The van der Waals surface area contributed by atoms with Crippen LogP contribution in [0.5, 0.6) is 0 Å². The second-order valence-electron chi connectivity index (χ2n) is 4.85. The van der Waals surface area contributed by atoms with Gasteiger partial charge in [-0.15, -0.1) is 0 Å². The van der Waals surface area contributed by atoms with Gasteiger partial charge in [0.25, 0.3) is 5.91 Å². The van der Waals surface area contributed by atoms with Gasteiger partial charge in [0.15, 0.2) is 6.54 Å². The molecule has 0 aromatic heterocycles. The Kier molecular flexibility index (Phi) is 4.52. The summed E-state index contributed by atoms with van der Waals surface area (Å²) < 4.78 is 0. The Labute approximate surface area is 113 Å². The maximum absolute atomic E-state index is 11.9.